The Kier molecular flexibility index (Phi) is 8.40. The van der Waals surface area contributed by atoms with Crippen molar-refractivity contribution >= 4 is 5.69 Å². The van der Waals surface area contributed by atoms with Gasteiger partial charge in [0.05, 0.1) is 13.2 Å². The van der Waals surface area contributed by atoms with Gasteiger partial charge in [0, 0.05) is 12.3 Å². The molecule has 0 aliphatic carbocycles. The van der Waals surface area contributed by atoms with Crippen LogP contribution in [0.15, 0.2) is 18.2 Å². The van der Waals surface area contributed by atoms with Gasteiger partial charge in [-0.15, -0.1) is 0 Å². The van der Waals surface area contributed by atoms with Gasteiger partial charge in [-0.05, 0) is 38.0 Å². The lowest BCUT2D eigenvalue weighted by molar-refractivity contribution is 0.0104. The monoisotopic (exact) mass is 241 g/mol. The molecule has 0 aromatic heterocycles. The van der Waals surface area contributed by atoms with Gasteiger partial charge in [0.25, 0.3) is 0 Å². The molecule has 0 amide bonds. The summed E-state index contributed by atoms with van der Waals surface area (Å²) in [5.41, 5.74) is 8.96. The standard InChI is InChI=1S/C8H11N.C5H12O3/c1-6-4-3-5-8(9)7(6)2;1-2-8-4-5(7)3-6/h3-5H,9H2,1-2H3;5-7H,2-4H2,1H3. The molecule has 0 saturated heterocycles. The smallest absolute Gasteiger partial charge is 0.100 e. The second-order valence-electron chi connectivity index (χ2n) is 3.79. The molecule has 1 unspecified atom stereocenters. The van der Waals surface area contributed by atoms with Gasteiger partial charge >= 0.3 is 0 Å². The number of nitrogens with two attached hydrogens (primary N) is 1. The van der Waals surface area contributed by atoms with E-state index in [2.05, 4.69) is 13.0 Å². The highest BCUT2D eigenvalue weighted by molar-refractivity contribution is 5.49. The second kappa shape index (κ2) is 8.98. The van der Waals surface area contributed by atoms with E-state index in [0.29, 0.717) is 6.61 Å². The molecule has 4 nitrogen and oxygen atoms in total. The molecule has 17 heavy (non-hydrogen) atoms. The van der Waals surface area contributed by atoms with Gasteiger partial charge in [0.1, 0.15) is 6.10 Å². The lowest BCUT2D eigenvalue weighted by Gasteiger charge is -2.04. The molecule has 98 valence electrons. The number of ether oxygens (including phenoxy) is 1. The van der Waals surface area contributed by atoms with E-state index in [-0.39, 0.29) is 13.2 Å². The van der Waals surface area contributed by atoms with Gasteiger partial charge in [0.2, 0.25) is 0 Å². The van der Waals surface area contributed by atoms with E-state index in [1.165, 1.54) is 11.1 Å². The minimum Gasteiger partial charge on any atom is -0.399 e. The Hall–Kier alpha value is -1.10. The number of rotatable bonds is 4. The number of anilines is 1. The summed E-state index contributed by atoms with van der Waals surface area (Å²) < 4.78 is 4.78. The van der Waals surface area contributed by atoms with E-state index >= 15 is 0 Å². The van der Waals surface area contributed by atoms with Gasteiger partial charge in [-0.3, -0.25) is 0 Å². The topological polar surface area (TPSA) is 75.7 Å². The molecular weight excluding hydrogens is 218 g/mol. The molecule has 0 spiro atoms. The highest BCUT2D eigenvalue weighted by Crippen LogP contribution is 2.13. The van der Waals surface area contributed by atoms with E-state index < -0.39 is 6.10 Å². The lowest BCUT2D eigenvalue weighted by Crippen LogP contribution is -2.19. The summed E-state index contributed by atoms with van der Waals surface area (Å²) in [6.45, 7) is 6.52. The van der Waals surface area contributed by atoms with Crippen molar-refractivity contribution in [3.63, 3.8) is 0 Å². The summed E-state index contributed by atoms with van der Waals surface area (Å²) in [6, 6.07) is 5.95. The molecule has 1 atom stereocenters. The molecule has 0 aliphatic heterocycles. The van der Waals surface area contributed by atoms with Crippen LogP contribution in [0.4, 0.5) is 5.69 Å². The van der Waals surface area contributed by atoms with Crippen LogP contribution in [-0.4, -0.2) is 36.1 Å². The van der Waals surface area contributed by atoms with E-state index in [1.807, 2.05) is 26.0 Å². The fourth-order valence-electron chi connectivity index (χ4n) is 1.08. The first-order chi connectivity index (χ1) is 8.02. The molecule has 0 radical (unpaired) electrons. The van der Waals surface area contributed by atoms with Crippen molar-refractivity contribution in [1.82, 2.24) is 0 Å². The molecule has 1 aromatic rings. The maximum Gasteiger partial charge on any atom is 0.100 e. The third-order valence-electron chi connectivity index (χ3n) is 2.37. The number of hydrogen-bond acceptors (Lipinski definition) is 4. The number of aryl methyl sites for hydroxylation is 1. The Balaban J connectivity index is 0.000000304. The Bertz CT molecular complexity index is 295. The molecule has 0 bridgehead atoms. The molecule has 4 heteroatoms. The van der Waals surface area contributed by atoms with Crippen molar-refractivity contribution in [3.8, 4) is 0 Å². The molecule has 0 heterocycles. The quantitative estimate of drug-likeness (QED) is 0.694. The summed E-state index contributed by atoms with van der Waals surface area (Å²) >= 11 is 0. The average Bonchev–Trinajstić information content (AvgIpc) is 2.33. The van der Waals surface area contributed by atoms with Crippen LogP contribution >= 0.6 is 0 Å². The Morgan fingerprint density at radius 2 is 2.00 bits per heavy atom. The third kappa shape index (κ3) is 6.94. The maximum absolute atomic E-state index is 8.61. The van der Waals surface area contributed by atoms with Gasteiger partial charge in [-0.2, -0.15) is 0 Å². The van der Waals surface area contributed by atoms with Crippen LogP contribution in [-0.2, 0) is 4.74 Å². The fraction of sp³-hybridized carbons (Fsp3) is 0.538. The summed E-state index contributed by atoms with van der Waals surface area (Å²) in [7, 11) is 0. The fourth-order valence-corrected chi connectivity index (χ4v) is 1.08. The zero-order valence-electron chi connectivity index (χ0n) is 10.8. The van der Waals surface area contributed by atoms with Crippen LogP contribution in [0.3, 0.4) is 0 Å². The molecule has 1 aromatic carbocycles. The predicted octanol–water partition coefficient (Wildman–Crippen LogP) is 1.26. The maximum atomic E-state index is 8.61. The number of nitrogen functional groups attached to an aromatic ring is 1. The summed E-state index contributed by atoms with van der Waals surface area (Å²) in [5, 5.41) is 16.8. The van der Waals surface area contributed by atoms with Crippen LogP contribution < -0.4 is 5.73 Å². The number of aliphatic hydroxyl groups is 2. The summed E-state index contributed by atoms with van der Waals surface area (Å²) in [4.78, 5) is 0. The summed E-state index contributed by atoms with van der Waals surface area (Å²) in [5.74, 6) is 0. The number of hydrogen-bond donors (Lipinski definition) is 3. The first kappa shape index (κ1) is 15.9. The SMILES string of the molecule is CCOCC(O)CO.Cc1cccc(N)c1C. The van der Waals surface area contributed by atoms with Gasteiger partial charge in [-0.25, -0.2) is 0 Å². The van der Waals surface area contributed by atoms with E-state index in [1.54, 1.807) is 0 Å². The molecule has 4 N–H and O–H groups in total. The van der Waals surface area contributed by atoms with E-state index in [9.17, 15) is 0 Å². The largest absolute Gasteiger partial charge is 0.399 e. The Morgan fingerprint density at radius 1 is 1.35 bits per heavy atom. The van der Waals surface area contributed by atoms with Gasteiger partial charge in [-0.1, -0.05) is 12.1 Å². The zero-order valence-corrected chi connectivity index (χ0v) is 10.8. The van der Waals surface area contributed by atoms with Crippen molar-refractivity contribution in [2.75, 3.05) is 25.6 Å². The van der Waals surface area contributed by atoms with Crippen molar-refractivity contribution in [1.29, 1.82) is 0 Å². The third-order valence-corrected chi connectivity index (χ3v) is 2.37. The number of benzene rings is 1. The van der Waals surface area contributed by atoms with E-state index in [4.69, 9.17) is 20.7 Å². The second-order valence-corrected chi connectivity index (χ2v) is 3.79. The molecule has 0 fully saturated rings. The highest BCUT2D eigenvalue weighted by atomic mass is 16.5. The van der Waals surface area contributed by atoms with Crippen molar-refractivity contribution in [2.45, 2.75) is 26.9 Å². The van der Waals surface area contributed by atoms with Gasteiger partial charge < -0.3 is 20.7 Å². The van der Waals surface area contributed by atoms with Crippen LogP contribution in [0.1, 0.15) is 18.1 Å². The van der Waals surface area contributed by atoms with Crippen LogP contribution in [0.25, 0.3) is 0 Å². The first-order valence-corrected chi connectivity index (χ1v) is 5.71. The highest BCUT2D eigenvalue weighted by Gasteiger charge is 1.98. The normalized spacial score (nSPS) is 11.6. The molecule has 0 aliphatic rings. The predicted molar refractivity (Wildman–Crippen MR) is 69.9 cm³/mol. The lowest BCUT2D eigenvalue weighted by atomic mass is 10.1. The molecule has 1 rings (SSSR count). The number of aliphatic hydroxyl groups excluding tert-OH is 2. The van der Waals surface area contributed by atoms with Crippen LogP contribution in [0.2, 0.25) is 0 Å². The average molecular weight is 241 g/mol. The minimum atomic E-state index is -0.713. The molecule has 0 saturated carbocycles. The molecular formula is C13H23NO3. The Labute approximate surface area is 103 Å². The van der Waals surface area contributed by atoms with Crippen LogP contribution in [0.5, 0.6) is 0 Å². The van der Waals surface area contributed by atoms with Crippen molar-refractivity contribution < 1.29 is 14.9 Å². The summed E-state index contributed by atoms with van der Waals surface area (Å²) in [6.07, 6.45) is -0.713. The minimum absolute atomic E-state index is 0.222. The van der Waals surface area contributed by atoms with Gasteiger partial charge in [0.15, 0.2) is 0 Å². The van der Waals surface area contributed by atoms with E-state index in [0.717, 1.165) is 5.69 Å². The zero-order chi connectivity index (χ0) is 13.3. The van der Waals surface area contributed by atoms with Crippen LogP contribution in [0, 0.1) is 13.8 Å². The first-order valence-electron chi connectivity index (χ1n) is 5.71. The van der Waals surface area contributed by atoms with Crippen molar-refractivity contribution in [2.24, 2.45) is 0 Å². The van der Waals surface area contributed by atoms with Crippen molar-refractivity contribution in [3.05, 3.63) is 29.3 Å². The Morgan fingerprint density at radius 3 is 2.41 bits per heavy atom.